The summed E-state index contributed by atoms with van der Waals surface area (Å²) in [5.41, 5.74) is 0.785. The fourth-order valence-corrected chi connectivity index (χ4v) is 4.35. The zero-order valence-electron chi connectivity index (χ0n) is 20.3. The molecule has 186 valence electrons. The molecule has 0 spiro atoms. The first-order valence-corrected chi connectivity index (χ1v) is 12.1. The van der Waals surface area contributed by atoms with Crippen molar-refractivity contribution < 1.29 is 18.4 Å². The molecule has 34 heavy (non-hydrogen) atoms. The number of carbonyl (C=O) groups is 2. The molecule has 1 aliphatic rings. The van der Waals surface area contributed by atoms with Gasteiger partial charge in [0.2, 0.25) is 11.8 Å². The topological polar surface area (TPSA) is 61.7 Å². The van der Waals surface area contributed by atoms with Crippen molar-refractivity contribution in [1.29, 1.82) is 0 Å². The van der Waals surface area contributed by atoms with Gasteiger partial charge in [-0.25, -0.2) is 13.8 Å². The molecule has 0 saturated carbocycles. The number of anilines is 1. The second-order valence-electron chi connectivity index (χ2n) is 9.00. The van der Waals surface area contributed by atoms with E-state index in [1.165, 1.54) is 0 Å². The fraction of sp³-hybridized carbons (Fsp3) is 0.560. The lowest BCUT2D eigenvalue weighted by molar-refractivity contribution is -0.132. The van der Waals surface area contributed by atoms with Crippen LogP contribution in [-0.4, -0.2) is 63.4 Å². The van der Waals surface area contributed by atoms with E-state index in [9.17, 15) is 18.4 Å². The smallest absolute Gasteiger partial charge is 0.226 e. The summed E-state index contributed by atoms with van der Waals surface area (Å²) in [6, 6.07) is 2.55. The maximum absolute atomic E-state index is 14.3. The van der Waals surface area contributed by atoms with Crippen LogP contribution in [0.5, 0.6) is 0 Å². The summed E-state index contributed by atoms with van der Waals surface area (Å²) in [6.07, 6.45) is 7.12. The molecular formula is C25H35F2N5O2. The summed E-state index contributed by atoms with van der Waals surface area (Å²) >= 11 is 0. The minimum Gasteiger partial charge on any atom is -0.338 e. The number of aryl methyl sites for hydroxylation is 1. The summed E-state index contributed by atoms with van der Waals surface area (Å²) in [7, 11) is 0. The first kappa shape index (κ1) is 25.8. The van der Waals surface area contributed by atoms with E-state index in [4.69, 9.17) is 0 Å². The van der Waals surface area contributed by atoms with Crippen molar-refractivity contribution >= 4 is 17.5 Å². The molecule has 3 rings (SSSR count). The van der Waals surface area contributed by atoms with Crippen molar-refractivity contribution in [2.45, 2.75) is 65.6 Å². The lowest BCUT2D eigenvalue weighted by Crippen LogP contribution is -2.40. The molecule has 2 aromatic rings. The zero-order chi connectivity index (χ0) is 24.7. The molecule has 1 aromatic heterocycles. The lowest BCUT2D eigenvalue weighted by Gasteiger charge is -2.33. The van der Waals surface area contributed by atoms with E-state index >= 15 is 0 Å². The van der Waals surface area contributed by atoms with Crippen molar-refractivity contribution in [3.8, 4) is 0 Å². The minimum atomic E-state index is -0.999. The molecule has 0 aliphatic carbocycles. The fourth-order valence-electron chi connectivity index (χ4n) is 4.35. The Morgan fingerprint density at radius 3 is 2.38 bits per heavy atom. The number of hydrogen-bond donors (Lipinski definition) is 0. The maximum atomic E-state index is 14.3. The Bertz CT molecular complexity index is 964. The van der Waals surface area contributed by atoms with E-state index in [-0.39, 0.29) is 31.2 Å². The highest BCUT2D eigenvalue weighted by atomic mass is 19.2. The summed E-state index contributed by atoms with van der Waals surface area (Å²) in [5.74, 6) is -2.21. The molecule has 0 N–H and O–H groups in total. The highest BCUT2D eigenvalue weighted by molar-refractivity contribution is 5.94. The van der Waals surface area contributed by atoms with Crippen LogP contribution in [0.15, 0.2) is 30.9 Å². The molecule has 9 heteroatoms. The summed E-state index contributed by atoms with van der Waals surface area (Å²) in [4.78, 5) is 35.6. The second kappa shape index (κ2) is 12.1. The van der Waals surface area contributed by atoms with Crippen LogP contribution >= 0.6 is 0 Å². The molecule has 2 amide bonds. The second-order valence-corrected chi connectivity index (χ2v) is 9.00. The molecule has 0 radical (unpaired) electrons. The van der Waals surface area contributed by atoms with Gasteiger partial charge in [-0.1, -0.05) is 6.92 Å². The number of halogens is 2. The number of hydrogen-bond acceptors (Lipinski definition) is 4. The van der Waals surface area contributed by atoms with Crippen LogP contribution in [0.25, 0.3) is 0 Å². The van der Waals surface area contributed by atoms with Crippen LogP contribution in [0.3, 0.4) is 0 Å². The monoisotopic (exact) mass is 475 g/mol. The minimum absolute atomic E-state index is 0.0779. The molecule has 1 aromatic carbocycles. The Kier molecular flexibility index (Phi) is 9.15. The molecule has 0 atom stereocenters. The van der Waals surface area contributed by atoms with Crippen LogP contribution in [0, 0.1) is 11.6 Å². The van der Waals surface area contributed by atoms with Gasteiger partial charge in [0.05, 0.1) is 12.0 Å². The SMILES string of the molecule is CCC(=O)N1CCCN(C(C)C)CCCN(C(=O)CCn2ccnc2)Cc2cc(F)c(F)cc21. The largest absolute Gasteiger partial charge is 0.338 e. The predicted molar refractivity (Wildman–Crippen MR) is 127 cm³/mol. The summed E-state index contributed by atoms with van der Waals surface area (Å²) < 4.78 is 30.4. The standard InChI is InChI=1S/C25H35F2N5O2/c1-4-24(33)32-12-6-10-30(19(2)3)9-5-11-31(25(34)7-13-29-14-8-28-18-29)17-20-15-21(26)22(27)16-23(20)32/h8,14-16,18-19H,4-7,9-13,17H2,1-3H3. The molecule has 0 unspecified atom stereocenters. The number of rotatable bonds is 5. The number of imidazole rings is 1. The van der Waals surface area contributed by atoms with E-state index in [1.54, 1.807) is 35.4 Å². The van der Waals surface area contributed by atoms with Crippen molar-refractivity contribution in [1.82, 2.24) is 19.4 Å². The van der Waals surface area contributed by atoms with Crippen LogP contribution < -0.4 is 4.90 Å². The third-order valence-electron chi connectivity index (χ3n) is 6.30. The molecule has 2 heterocycles. The highest BCUT2D eigenvalue weighted by Gasteiger charge is 2.24. The van der Waals surface area contributed by atoms with Crippen LogP contribution in [0.2, 0.25) is 0 Å². The van der Waals surface area contributed by atoms with Crippen LogP contribution in [0.1, 0.15) is 52.0 Å². The molecule has 0 saturated heterocycles. The van der Waals surface area contributed by atoms with Gasteiger partial charge in [0.1, 0.15) is 0 Å². The van der Waals surface area contributed by atoms with Crippen molar-refractivity contribution in [3.05, 3.63) is 48.1 Å². The average Bonchev–Trinajstić information content (AvgIpc) is 3.33. The van der Waals surface area contributed by atoms with E-state index < -0.39 is 11.6 Å². The Balaban J connectivity index is 1.94. The van der Waals surface area contributed by atoms with Crippen molar-refractivity contribution in [3.63, 3.8) is 0 Å². The van der Waals surface area contributed by atoms with E-state index in [0.717, 1.165) is 38.1 Å². The van der Waals surface area contributed by atoms with Gasteiger partial charge in [-0.3, -0.25) is 9.59 Å². The highest BCUT2D eigenvalue weighted by Crippen LogP contribution is 2.27. The summed E-state index contributed by atoms with van der Waals surface area (Å²) in [5, 5.41) is 0. The van der Waals surface area contributed by atoms with Gasteiger partial charge in [-0.2, -0.15) is 0 Å². The Hall–Kier alpha value is -2.81. The maximum Gasteiger partial charge on any atom is 0.226 e. The van der Waals surface area contributed by atoms with Gasteiger partial charge >= 0.3 is 0 Å². The average molecular weight is 476 g/mol. The third kappa shape index (κ3) is 6.62. The van der Waals surface area contributed by atoms with E-state index in [0.29, 0.717) is 36.9 Å². The number of amides is 2. The molecule has 1 aliphatic heterocycles. The van der Waals surface area contributed by atoms with Gasteiger partial charge in [-0.05, 0) is 38.3 Å². The van der Waals surface area contributed by atoms with Crippen molar-refractivity contribution in [2.24, 2.45) is 0 Å². The first-order valence-electron chi connectivity index (χ1n) is 12.1. The zero-order valence-corrected chi connectivity index (χ0v) is 20.3. The number of nitrogens with zero attached hydrogens (tertiary/aromatic N) is 5. The molecular weight excluding hydrogens is 440 g/mol. The first-order chi connectivity index (χ1) is 16.3. The number of fused-ring (bicyclic) bond motifs is 1. The van der Waals surface area contributed by atoms with Crippen molar-refractivity contribution in [2.75, 3.05) is 31.1 Å². The molecule has 0 bridgehead atoms. The Labute approximate surface area is 200 Å². The normalized spacial score (nSPS) is 16.2. The van der Waals surface area contributed by atoms with Gasteiger partial charge in [-0.15, -0.1) is 0 Å². The molecule has 0 fully saturated rings. The lowest BCUT2D eigenvalue weighted by atomic mass is 10.1. The third-order valence-corrected chi connectivity index (χ3v) is 6.30. The van der Waals surface area contributed by atoms with Crippen LogP contribution in [-0.2, 0) is 22.7 Å². The summed E-state index contributed by atoms with van der Waals surface area (Å²) in [6.45, 7) is 9.10. The van der Waals surface area contributed by atoms with E-state index in [1.807, 2.05) is 4.57 Å². The number of carbonyl (C=O) groups excluding carboxylic acids is 2. The Morgan fingerprint density at radius 2 is 1.74 bits per heavy atom. The Morgan fingerprint density at radius 1 is 1.03 bits per heavy atom. The number of aromatic nitrogens is 2. The molecule has 7 nitrogen and oxygen atoms in total. The van der Waals surface area contributed by atoms with Gasteiger partial charge in [0, 0.05) is 76.6 Å². The van der Waals surface area contributed by atoms with Crippen LogP contribution in [0.4, 0.5) is 14.5 Å². The number of benzene rings is 1. The van der Waals surface area contributed by atoms with Gasteiger partial charge in [0.25, 0.3) is 0 Å². The van der Waals surface area contributed by atoms with E-state index in [2.05, 4.69) is 23.7 Å². The van der Waals surface area contributed by atoms with Gasteiger partial charge in [0.15, 0.2) is 11.6 Å². The quantitative estimate of drug-likeness (QED) is 0.660. The van der Waals surface area contributed by atoms with Gasteiger partial charge < -0.3 is 19.3 Å². The predicted octanol–water partition coefficient (Wildman–Crippen LogP) is 3.83.